The van der Waals surface area contributed by atoms with Crippen LogP contribution in [0.1, 0.15) is 109 Å². The predicted octanol–water partition coefficient (Wildman–Crippen LogP) is 10.3. The van der Waals surface area contributed by atoms with Crippen molar-refractivity contribution in [2.24, 2.45) is 0 Å². The Bertz CT molecular complexity index is 514. The van der Waals surface area contributed by atoms with E-state index in [1.165, 1.54) is 107 Å². The fourth-order valence-corrected chi connectivity index (χ4v) is 11.4. The summed E-state index contributed by atoms with van der Waals surface area (Å²) in [6.07, 6.45) is 22.9. The first-order valence-electron chi connectivity index (χ1n) is 12.4. The van der Waals surface area contributed by atoms with Crippen LogP contribution in [0.2, 0.25) is 0 Å². The van der Waals surface area contributed by atoms with Gasteiger partial charge in [-0.25, -0.2) is 0 Å². The summed E-state index contributed by atoms with van der Waals surface area (Å²) in [5.74, 6) is -2.26. The zero-order valence-electron chi connectivity index (χ0n) is 19.7. The molecule has 0 amide bonds. The molecule has 0 N–H and O–H groups in total. The third-order valence-electron chi connectivity index (χ3n) is 6.50. The second-order valence-electron chi connectivity index (χ2n) is 9.28. The van der Waals surface area contributed by atoms with E-state index >= 15 is 0 Å². The van der Waals surface area contributed by atoms with Gasteiger partial charge in [0.1, 0.15) is 0 Å². The Labute approximate surface area is 187 Å². The Morgan fingerprint density at radius 1 is 0.690 bits per heavy atom. The summed E-state index contributed by atoms with van der Waals surface area (Å²) in [7, 11) is 0. The zero-order chi connectivity index (χ0) is 21.5. The first-order valence-corrected chi connectivity index (χ1v) is 16.3. The van der Waals surface area contributed by atoms with Crippen molar-refractivity contribution in [1.29, 1.82) is 0 Å². The Hall–Kier alpha value is -0.320. The van der Waals surface area contributed by atoms with Crippen LogP contribution in [0.3, 0.4) is 0 Å². The second-order valence-corrected chi connectivity index (χ2v) is 17.4. The van der Waals surface area contributed by atoms with Crippen LogP contribution in [0.25, 0.3) is 6.08 Å². The maximum absolute atomic E-state index is 7.95. The third kappa shape index (κ3) is 10.5. The first-order chi connectivity index (χ1) is 14.0. The van der Waals surface area contributed by atoms with Crippen LogP contribution in [0.5, 0.6) is 0 Å². The molecule has 1 rings (SSSR count). The Morgan fingerprint density at radius 2 is 1.10 bits per heavy atom. The molecule has 1 aromatic rings. The quantitative estimate of drug-likeness (QED) is 0.158. The second kappa shape index (κ2) is 14.6. The summed E-state index contributed by atoms with van der Waals surface area (Å²) in [6, 6.07) is 9.05. The normalized spacial score (nSPS) is 13.2. The molecule has 0 aromatic heterocycles. The molecule has 0 fully saturated rings. The summed E-state index contributed by atoms with van der Waals surface area (Å²) in [5.41, 5.74) is 2.65. The molecular formula is C27H48ClP. The van der Waals surface area contributed by atoms with Crippen molar-refractivity contribution >= 4 is 23.3 Å². The van der Waals surface area contributed by atoms with Crippen molar-refractivity contribution < 1.29 is 0 Å². The van der Waals surface area contributed by atoms with Crippen LogP contribution in [-0.2, 0) is 6.16 Å². The molecule has 0 spiro atoms. The number of halogens is 1. The Kier molecular flexibility index (Phi) is 13.5. The van der Waals surface area contributed by atoms with E-state index in [4.69, 9.17) is 11.2 Å². The van der Waals surface area contributed by atoms with Gasteiger partial charge in [-0.3, -0.25) is 0 Å². The molecule has 0 bridgehead atoms. The van der Waals surface area contributed by atoms with Crippen molar-refractivity contribution in [2.75, 3.05) is 18.5 Å². The van der Waals surface area contributed by atoms with E-state index in [0.717, 1.165) is 6.16 Å². The summed E-state index contributed by atoms with van der Waals surface area (Å²) in [4.78, 5) is 0. The summed E-state index contributed by atoms with van der Waals surface area (Å²) < 4.78 is 0. The van der Waals surface area contributed by atoms with Gasteiger partial charge >= 0.3 is 188 Å². The van der Waals surface area contributed by atoms with Crippen molar-refractivity contribution in [3.05, 3.63) is 42.0 Å². The third-order valence-corrected chi connectivity index (χ3v) is 13.8. The average Bonchev–Trinajstić information content (AvgIpc) is 2.73. The SMILES string of the molecule is C=Cc1ccc(CP(Cl)(CCCCCC)(CCCCCC)CCCCCC)cc1. The van der Waals surface area contributed by atoms with Gasteiger partial charge < -0.3 is 0 Å². The van der Waals surface area contributed by atoms with Gasteiger partial charge in [0.25, 0.3) is 0 Å². The minimum atomic E-state index is -2.26. The monoisotopic (exact) mass is 438 g/mol. The van der Waals surface area contributed by atoms with Gasteiger partial charge in [0.05, 0.1) is 0 Å². The van der Waals surface area contributed by atoms with Gasteiger partial charge in [-0.2, -0.15) is 0 Å². The first kappa shape index (κ1) is 26.7. The maximum atomic E-state index is 7.95. The van der Waals surface area contributed by atoms with E-state index in [9.17, 15) is 0 Å². The molecule has 0 saturated carbocycles. The molecule has 1 aromatic carbocycles. The molecule has 0 atom stereocenters. The van der Waals surface area contributed by atoms with E-state index < -0.39 is 5.96 Å². The molecule has 0 aliphatic carbocycles. The summed E-state index contributed by atoms with van der Waals surface area (Å²) >= 11 is 7.95. The number of hydrogen-bond acceptors (Lipinski definition) is 0. The van der Waals surface area contributed by atoms with E-state index in [0.29, 0.717) is 0 Å². The molecule has 0 radical (unpaired) electrons. The molecule has 0 aliphatic heterocycles. The van der Waals surface area contributed by atoms with Crippen LogP contribution in [-0.4, -0.2) is 18.5 Å². The van der Waals surface area contributed by atoms with Gasteiger partial charge in [-0.15, -0.1) is 0 Å². The van der Waals surface area contributed by atoms with Crippen LogP contribution in [0.15, 0.2) is 30.8 Å². The van der Waals surface area contributed by atoms with Crippen LogP contribution < -0.4 is 0 Å². The van der Waals surface area contributed by atoms with Crippen molar-refractivity contribution in [3.63, 3.8) is 0 Å². The molecule has 0 heterocycles. The topological polar surface area (TPSA) is 0 Å². The molecule has 0 aliphatic rings. The van der Waals surface area contributed by atoms with Gasteiger partial charge in [0, 0.05) is 0 Å². The molecule has 29 heavy (non-hydrogen) atoms. The molecule has 0 unspecified atom stereocenters. The number of benzene rings is 1. The number of rotatable bonds is 18. The van der Waals surface area contributed by atoms with E-state index in [2.05, 4.69) is 51.6 Å². The predicted molar refractivity (Wildman–Crippen MR) is 140 cm³/mol. The van der Waals surface area contributed by atoms with Gasteiger partial charge in [-0.05, 0) is 0 Å². The summed E-state index contributed by atoms with van der Waals surface area (Å²) in [6.45, 7) is 10.8. The molecule has 168 valence electrons. The average molecular weight is 439 g/mol. The standard InChI is InChI=1S/C27H48ClP/c1-5-9-12-15-22-29(28,23-16-13-10-6-2,24-17-14-11-7-3)25-27-20-18-26(8-4)19-21-27/h8,18-21H,4-7,9-17,22-25H2,1-3H3. The molecular weight excluding hydrogens is 391 g/mol. The van der Waals surface area contributed by atoms with E-state index in [-0.39, 0.29) is 0 Å². The van der Waals surface area contributed by atoms with Crippen molar-refractivity contribution in [3.8, 4) is 0 Å². The Morgan fingerprint density at radius 3 is 1.45 bits per heavy atom. The van der Waals surface area contributed by atoms with Crippen LogP contribution in [0.4, 0.5) is 0 Å². The van der Waals surface area contributed by atoms with Crippen molar-refractivity contribution in [2.45, 2.75) is 104 Å². The fourth-order valence-electron chi connectivity index (χ4n) is 4.59. The zero-order valence-corrected chi connectivity index (χ0v) is 21.4. The van der Waals surface area contributed by atoms with E-state index in [1.807, 2.05) is 6.08 Å². The van der Waals surface area contributed by atoms with E-state index in [1.54, 1.807) is 0 Å². The van der Waals surface area contributed by atoms with Gasteiger partial charge in [-0.1, -0.05) is 0 Å². The Balaban J connectivity index is 3.03. The number of unbranched alkanes of at least 4 members (excludes halogenated alkanes) is 9. The van der Waals surface area contributed by atoms with Crippen molar-refractivity contribution in [1.82, 2.24) is 0 Å². The van der Waals surface area contributed by atoms with Crippen LogP contribution >= 0.6 is 17.2 Å². The van der Waals surface area contributed by atoms with Crippen LogP contribution in [0, 0.1) is 0 Å². The van der Waals surface area contributed by atoms with Gasteiger partial charge in [0.2, 0.25) is 0 Å². The van der Waals surface area contributed by atoms with Gasteiger partial charge in [0.15, 0.2) is 0 Å². The fraction of sp³-hybridized carbons (Fsp3) is 0.704. The molecule has 0 nitrogen and oxygen atoms in total. The minimum absolute atomic E-state index is 1.13. The molecule has 0 saturated heterocycles. The summed E-state index contributed by atoms with van der Waals surface area (Å²) in [5, 5.41) is 0. The number of hydrogen-bond donors (Lipinski definition) is 0. The molecule has 2 heteroatoms.